The molecule has 7 nitrogen and oxygen atoms in total. The number of halogens is 1. The molecule has 1 rings (SSSR count). The van der Waals surface area contributed by atoms with Gasteiger partial charge in [0, 0.05) is 32.2 Å². The van der Waals surface area contributed by atoms with Crippen LogP contribution in [0.1, 0.15) is 6.42 Å². The lowest BCUT2D eigenvalue weighted by molar-refractivity contribution is -0.137. The highest BCUT2D eigenvalue weighted by atomic mass is 35.5. The number of aliphatic carboxylic acids is 1. The third kappa shape index (κ3) is 5.13. The number of rotatable bonds is 9. The Hall–Kier alpha value is -1.35. The van der Waals surface area contributed by atoms with Gasteiger partial charge in [0.1, 0.15) is 17.2 Å². The van der Waals surface area contributed by atoms with E-state index in [-0.39, 0.29) is 22.3 Å². The zero-order chi connectivity index (χ0) is 16.8. The number of benzene rings is 1. The molecule has 0 spiro atoms. The number of carboxylic acid groups (broad SMARTS) is 1. The molecule has 0 heterocycles. The largest absolute Gasteiger partial charge is 0.492 e. The van der Waals surface area contributed by atoms with Crippen molar-refractivity contribution in [3.8, 4) is 5.75 Å². The lowest BCUT2D eigenvalue weighted by Crippen LogP contribution is -2.32. The first kappa shape index (κ1) is 18.7. The summed E-state index contributed by atoms with van der Waals surface area (Å²) >= 11 is 5.84. The van der Waals surface area contributed by atoms with Crippen LogP contribution >= 0.6 is 11.6 Å². The maximum absolute atomic E-state index is 12.4. The molecule has 1 aromatic carbocycles. The number of ether oxygens (including phenoxy) is 2. The van der Waals surface area contributed by atoms with Crippen molar-refractivity contribution in [3.05, 3.63) is 23.2 Å². The Bertz CT molecular complexity index is 619. The molecule has 0 aromatic heterocycles. The van der Waals surface area contributed by atoms with Crippen molar-refractivity contribution in [2.45, 2.75) is 11.3 Å². The minimum Gasteiger partial charge on any atom is -0.492 e. The van der Waals surface area contributed by atoms with Crippen LogP contribution < -0.4 is 4.74 Å². The smallest absolute Gasteiger partial charge is 0.318 e. The predicted molar refractivity (Wildman–Crippen MR) is 80.9 cm³/mol. The van der Waals surface area contributed by atoms with Gasteiger partial charge < -0.3 is 14.6 Å². The summed E-state index contributed by atoms with van der Waals surface area (Å²) in [6, 6.07) is 4.18. The molecule has 1 aromatic rings. The summed E-state index contributed by atoms with van der Waals surface area (Å²) in [5.74, 6) is -1.13. The van der Waals surface area contributed by atoms with Gasteiger partial charge >= 0.3 is 5.97 Å². The third-order valence-corrected chi connectivity index (χ3v) is 4.76. The van der Waals surface area contributed by atoms with E-state index in [0.29, 0.717) is 13.0 Å². The summed E-state index contributed by atoms with van der Waals surface area (Å²) in [5, 5.41) is 8.96. The number of likely N-dealkylation sites (N-methyl/N-ethyl adjacent to an activating group) is 1. The first-order valence-corrected chi connectivity index (χ1v) is 8.20. The minimum atomic E-state index is -4.02. The molecule has 9 heteroatoms. The molecule has 0 unspecified atom stereocenters. The highest BCUT2D eigenvalue weighted by Crippen LogP contribution is 2.29. The van der Waals surface area contributed by atoms with Crippen LogP contribution in [0.25, 0.3) is 0 Å². The van der Waals surface area contributed by atoms with Crippen molar-refractivity contribution in [3.63, 3.8) is 0 Å². The average Bonchev–Trinajstić information content (AvgIpc) is 2.44. The highest BCUT2D eigenvalue weighted by Gasteiger charge is 2.26. The van der Waals surface area contributed by atoms with Gasteiger partial charge in [0.2, 0.25) is 10.0 Å². The second-order valence-electron chi connectivity index (χ2n) is 4.44. The van der Waals surface area contributed by atoms with Crippen molar-refractivity contribution in [1.29, 1.82) is 0 Å². The van der Waals surface area contributed by atoms with Crippen LogP contribution in [0.3, 0.4) is 0 Å². The van der Waals surface area contributed by atoms with Gasteiger partial charge in [-0.15, -0.1) is 0 Å². The molecule has 124 valence electrons. The number of carboxylic acids is 1. The number of sulfonamides is 1. The van der Waals surface area contributed by atoms with Gasteiger partial charge in [-0.25, -0.2) is 8.42 Å². The summed E-state index contributed by atoms with van der Waals surface area (Å²) < 4.78 is 35.9. The second-order valence-corrected chi connectivity index (χ2v) is 6.89. The first-order valence-electron chi connectivity index (χ1n) is 6.38. The normalized spacial score (nSPS) is 11.6. The molecule has 0 aliphatic rings. The highest BCUT2D eigenvalue weighted by molar-refractivity contribution is 7.89. The maximum Gasteiger partial charge on any atom is 0.318 e. The fraction of sp³-hybridized carbons (Fsp3) is 0.462. The molecule has 0 aliphatic carbocycles. The number of hydrogen-bond acceptors (Lipinski definition) is 5. The van der Waals surface area contributed by atoms with Crippen molar-refractivity contribution < 1.29 is 27.8 Å². The lowest BCUT2D eigenvalue weighted by atomic mass is 10.3. The van der Waals surface area contributed by atoms with Crippen LogP contribution in [0.15, 0.2) is 23.1 Å². The van der Waals surface area contributed by atoms with E-state index in [9.17, 15) is 13.2 Å². The number of nitrogens with zero attached hydrogens (tertiary/aromatic N) is 1. The maximum atomic E-state index is 12.4. The van der Waals surface area contributed by atoms with Crippen molar-refractivity contribution in [1.82, 2.24) is 4.31 Å². The van der Waals surface area contributed by atoms with Crippen molar-refractivity contribution >= 4 is 27.6 Å². The Morgan fingerprint density at radius 1 is 1.36 bits per heavy atom. The van der Waals surface area contributed by atoms with Crippen LogP contribution in [0, 0.1) is 0 Å². The van der Waals surface area contributed by atoms with Gasteiger partial charge in [-0.2, -0.15) is 4.31 Å². The first-order chi connectivity index (χ1) is 10.3. The molecule has 0 saturated heterocycles. The number of carbonyl (C=O) groups is 1. The lowest BCUT2D eigenvalue weighted by Gasteiger charge is -2.18. The van der Waals surface area contributed by atoms with E-state index >= 15 is 0 Å². The van der Waals surface area contributed by atoms with Gasteiger partial charge in [-0.05, 0) is 18.2 Å². The Balaban J connectivity index is 3.05. The summed E-state index contributed by atoms with van der Waals surface area (Å²) in [6.07, 6.45) is 0.587. The van der Waals surface area contributed by atoms with E-state index in [1.165, 1.54) is 25.2 Å². The zero-order valence-electron chi connectivity index (χ0n) is 12.3. The quantitative estimate of drug-likeness (QED) is 0.677. The van der Waals surface area contributed by atoms with Crippen LogP contribution in [-0.2, 0) is 19.6 Å². The third-order valence-electron chi connectivity index (χ3n) is 2.70. The molecule has 0 radical (unpaired) electrons. The van der Waals surface area contributed by atoms with Crippen molar-refractivity contribution in [2.75, 3.05) is 33.9 Å². The summed E-state index contributed by atoms with van der Waals surface area (Å²) in [7, 11) is -1.28. The van der Waals surface area contributed by atoms with Crippen LogP contribution in [0.5, 0.6) is 5.75 Å². The topological polar surface area (TPSA) is 93.1 Å². The standard InChI is InChI=1S/C13H18ClNO6S/c1-15(9-13(16)17)22(18,19)12-8-10(14)4-5-11(12)21-7-3-6-20-2/h4-5,8H,3,6-7,9H2,1-2H3,(H,16,17). The molecule has 0 atom stereocenters. The fourth-order valence-electron chi connectivity index (χ4n) is 1.63. The van der Waals surface area contributed by atoms with E-state index in [1.807, 2.05) is 0 Å². The Kier molecular flexibility index (Phi) is 7.08. The molecule has 0 bridgehead atoms. The Morgan fingerprint density at radius 2 is 2.05 bits per heavy atom. The van der Waals surface area contributed by atoms with Crippen LogP contribution in [0.2, 0.25) is 5.02 Å². The molecule has 1 N–H and O–H groups in total. The minimum absolute atomic E-state index is 0.123. The van der Waals surface area contributed by atoms with E-state index < -0.39 is 22.5 Å². The monoisotopic (exact) mass is 351 g/mol. The average molecular weight is 352 g/mol. The SMILES string of the molecule is COCCCOc1ccc(Cl)cc1S(=O)(=O)N(C)CC(=O)O. The van der Waals surface area contributed by atoms with E-state index in [2.05, 4.69) is 0 Å². The van der Waals surface area contributed by atoms with E-state index in [4.69, 9.17) is 26.2 Å². The predicted octanol–water partition coefficient (Wildman–Crippen LogP) is 1.46. The molecule has 0 saturated carbocycles. The Labute approximate surface area is 134 Å². The summed E-state index contributed by atoms with van der Waals surface area (Å²) in [6.45, 7) is 0.0905. The number of hydrogen-bond donors (Lipinski definition) is 1. The molecule has 0 amide bonds. The Morgan fingerprint density at radius 3 is 2.64 bits per heavy atom. The van der Waals surface area contributed by atoms with Gasteiger partial charge in [0.25, 0.3) is 0 Å². The van der Waals surface area contributed by atoms with Crippen LogP contribution in [0.4, 0.5) is 0 Å². The zero-order valence-corrected chi connectivity index (χ0v) is 13.9. The van der Waals surface area contributed by atoms with Gasteiger partial charge in [-0.1, -0.05) is 11.6 Å². The van der Waals surface area contributed by atoms with Crippen molar-refractivity contribution in [2.24, 2.45) is 0 Å². The van der Waals surface area contributed by atoms with E-state index in [1.54, 1.807) is 7.11 Å². The van der Waals surface area contributed by atoms with E-state index in [0.717, 1.165) is 4.31 Å². The fourth-order valence-corrected chi connectivity index (χ4v) is 3.14. The number of methoxy groups -OCH3 is 1. The van der Waals surface area contributed by atoms with Gasteiger partial charge in [-0.3, -0.25) is 4.79 Å². The van der Waals surface area contributed by atoms with Gasteiger partial charge in [0.15, 0.2) is 0 Å². The molecular weight excluding hydrogens is 334 g/mol. The molecule has 0 fully saturated rings. The van der Waals surface area contributed by atoms with Gasteiger partial charge in [0.05, 0.1) is 6.61 Å². The molecule has 0 aliphatic heterocycles. The molecular formula is C13H18ClNO6S. The second kappa shape index (κ2) is 8.33. The summed E-state index contributed by atoms with van der Waals surface area (Å²) in [4.78, 5) is 10.5. The summed E-state index contributed by atoms with van der Waals surface area (Å²) in [5.41, 5.74) is 0. The van der Waals surface area contributed by atoms with Crippen LogP contribution in [-0.4, -0.2) is 57.7 Å². The molecule has 22 heavy (non-hydrogen) atoms.